The fourth-order valence-corrected chi connectivity index (χ4v) is 4.07. The average molecular weight is 479 g/mol. The minimum atomic E-state index is -0.396. The Labute approximate surface area is 170 Å². The van der Waals surface area contributed by atoms with Crippen LogP contribution in [0.1, 0.15) is 6.42 Å². The van der Waals surface area contributed by atoms with Crippen LogP contribution in [0.3, 0.4) is 0 Å². The molecule has 0 unspecified atom stereocenters. The first kappa shape index (κ1) is 18.4. The third-order valence-electron chi connectivity index (χ3n) is 5.15. The number of hydrogen-bond acceptors (Lipinski definition) is 4. The number of rotatable bonds is 3. The molecule has 0 spiro atoms. The molecule has 140 valence electrons. The number of amides is 2. The molecule has 2 aromatic rings. The Hall–Kier alpha value is -2.00. The van der Waals surface area contributed by atoms with Gasteiger partial charge in [-0.25, -0.2) is 9.29 Å². The molecule has 2 fully saturated rings. The van der Waals surface area contributed by atoms with E-state index in [0.29, 0.717) is 18.8 Å². The number of halogens is 2. The molecule has 0 saturated carbocycles. The van der Waals surface area contributed by atoms with E-state index in [0.717, 1.165) is 22.3 Å². The molecule has 0 N–H and O–H groups in total. The normalized spacial score (nSPS) is 21.2. The number of imide groups is 1. The topological polar surface area (TPSA) is 43.9 Å². The predicted molar refractivity (Wildman–Crippen MR) is 110 cm³/mol. The van der Waals surface area contributed by atoms with E-state index in [1.165, 1.54) is 17.0 Å². The largest absolute Gasteiger partial charge is 0.369 e. The van der Waals surface area contributed by atoms with Gasteiger partial charge in [0.15, 0.2) is 0 Å². The molecule has 2 amide bonds. The minimum absolute atomic E-state index is 0.142. The van der Waals surface area contributed by atoms with Gasteiger partial charge >= 0.3 is 0 Å². The summed E-state index contributed by atoms with van der Waals surface area (Å²) >= 11 is 2.20. The van der Waals surface area contributed by atoms with E-state index in [4.69, 9.17) is 0 Å². The van der Waals surface area contributed by atoms with Crippen molar-refractivity contribution in [2.45, 2.75) is 12.5 Å². The highest BCUT2D eigenvalue weighted by molar-refractivity contribution is 14.1. The molecule has 0 bridgehead atoms. The van der Waals surface area contributed by atoms with Crippen LogP contribution in [-0.2, 0) is 9.59 Å². The highest BCUT2D eigenvalue weighted by Gasteiger charge is 2.43. The molecule has 2 saturated heterocycles. The van der Waals surface area contributed by atoms with Gasteiger partial charge in [-0.2, -0.15) is 0 Å². The molecule has 4 rings (SSSR count). The first-order chi connectivity index (χ1) is 13.0. The maximum atomic E-state index is 13.1. The Bertz CT molecular complexity index is 849. The number of benzene rings is 2. The number of carbonyl (C=O) groups excluding carboxylic acids is 2. The molecule has 27 heavy (non-hydrogen) atoms. The third-order valence-corrected chi connectivity index (χ3v) is 5.87. The van der Waals surface area contributed by atoms with E-state index in [1.807, 2.05) is 24.3 Å². The summed E-state index contributed by atoms with van der Waals surface area (Å²) in [6, 6.07) is 13.5. The Balaban J connectivity index is 1.43. The van der Waals surface area contributed by atoms with Gasteiger partial charge < -0.3 is 4.90 Å². The summed E-state index contributed by atoms with van der Waals surface area (Å²) < 4.78 is 14.2. The summed E-state index contributed by atoms with van der Waals surface area (Å²) in [5, 5.41) is 0. The van der Waals surface area contributed by atoms with Crippen molar-refractivity contribution in [2.75, 3.05) is 36.0 Å². The standard InChI is InChI=1S/C20H19FIN3O2/c21-14-1-5-16(6-2-14)23-9-11-24(12-10-23)18-13-19(26)25(20(18)27)17-7-3-15(22)4-8-17/h1-8,18H,9-13H2/t18-/m0/s1. The van der Waals surface area contributed by atoms with Crippen LogP contribution in [0.25, 0.3) is 0 Å². The van der Waals surface area contributed by atoms with Gasteiger partial charge in [-0.15, -0.1) is 0 Å². The van der Waals surface area contributed by atoms with Gasteiger partial charge in [-0.1, -0.05) is 0 Å². The van der Waals surface area contributed by atoms with Crippen molar-refractivity contribution in [3.05, 3.63) is 57.9 Å². The molecule has 2 aromatic carbocycles. The lowest BCUT2D eigenvalue weighted by atomic mass is 10.1. The zero-order valence-electron chi connectivity index (χ0n) is 14.6. The van der Waals surface area contributed by atoms with Crippen LogP contribution in [0.4, 0.5) is 15.8 Å². The lowest BCUT2D eigenvalue weighted by Gasteiger charge is -2.38. The molecule has 2 aliphatic rings. The maximum absolute atomic E-state index is 13.1. The molecular weight excluding hydrogens is 460 g/mol. The second-order valence-electron chi connectivity index (χ2n) is 6.76. The molecule has 0 aromatic heterocycles. The van der Waals surface area contributed by atoms with Crippen molar-refractivity contribution in [3.63, 3.8) is 0 Å². The van der Waals surface area contributed by atoms with Gasteiger partial charge in [0, 0.05) is 35.4 Å². The summed E-state index contributed by atoms with van der Waals surface area (Å²) in [5.41, 5.74) is 1.61. The maximum Gasteiger partial charge on any atom is 0.251 e. The lowest BCUT2D eigenvalue weighted by Crippen LogP contribution is -2.52. The lowest BCUT2D eigenvalue weighted by molar-refractivity contribution is -0.123. The third kappa shape index (κ3) is 3.70. The van der Waals surface area contributed by atoms with Gasteiger partial charge in [0.2, 0.25) is 5.91 Å². The van der Waals surface area contributed by atoms with Crippen LogP contribution >= 0.6 is 22.6 Å². The van der Waals surface area contributed by atoms with Gasteiger partial charge in [-0.05, 0) is 71.1 Å². The predicted octanol–water partition coefficient (Wildman–Crippen LogP) is 2.88. The summed E-state index contributed by atoms with van der Waals surface area (Å²) in [4.78, 5) is 30.9. The van der Waals surface area contributed by atoms with Crippen molar-refractivity contribution >= 4 is 45.8 Å². The molecule has 0 radical (unpaired) electrons. The molecular formula is C20H19FIN3O2. The first-order valence-corrected chi connectivity index (χ1v) is 9.98. The zero-order valence-corrected chi connectivity index (χ0v) is 16.8. The molecule has 0 aliphatic carbocycles. The summed E-state index contributed by atoms with van der Waals surface area (Å²) in [6.07, 6.45) is 0.224. The van der Waals surface area contributed by atoms with Crippen molar-refractivity contribution < 1.29 is 14.0 Å². The number of carbonyl (C=O) groups is 2. The highest BCUT2D eigenvalue weighted by atomic mass is 127. The Morgan fingerprint density at radius 2 is 1.44 bits per heavy atom. The quantitative estimate of drug-likeness (QED) is 0.502. The van der Waals surface area contributed by atoms with Crippen LogP contribution in [-0.4, -0.2) is 48.9 Å². The average Bonchev–Trinajstić information content (AvgIpc) is 2.98. The fraction of sp³-hybridized carbons (Fsp3) is 0.300. The van der Waals surface area contributed by atoms with Crippen molar-refractivity contribution in [1.29, 1.82) is 0 Å². The monoisotopic (exact) mass is 479 g/mol. The number of anilines is 2. The van der Waals surface area contributed by atoms with Gasteiger partial charge in [0.25, 0.3) is 5.91 Å². The van der Waals surface area contributed by atoms with Gasteiger partial charge in [0.05, 0.1) is 18.2 Å². The van der Waals surface area contributed by atoms with Crippen molar-refractivity contribution in [2.24, 2.45) is 0 Å². The van der Waals surface area contributed by atoms with E-state index in [2.05, 4.69) is 32.4 Å². The van der Waals surface area contributed by atoms with Crippen molar-refractivity contribution in [1.82, 2.24) is 4.90 Å². The Morgan fingerprint density at radius 1 is 0.852 bits per heavy atom. The van der Waals surface area contributed by atoms with Crippen LogP contribution in [0.2, 0.25) is 0 Å². The van der Waals surface area contributed by atoms with Gasteiger partial charge in [0.1, 0.15) is 5.82 Å². The number of hydrogen-bond donors (Lipinski definition) is 0. The summed E-state index contributed by atoms with van der Waals surface area (Å²) in [6.45, 7) is 2.88. The SMILES string of the molecule is O=C1C[C@H](N2CCN(c3ccc(F)cc3)CC2)C(=O)N1c1ccc(I)cc1. The second kappa shape index (κ2) is 7.55. The zero-order chi connectivity index (χ0) is 19.0. The Kier molecular flexibility index (Phi) is 5.14. The second-order valence-corrected chi connectivity index (χ2v) is 8.01. The molecule has 5 nitrogen and oxygen atoms in total. The van der Waals surface area contributed by atoms with E-state index < -0.39 is 6.04 Å². The van der Waals surface area contributed by atoms with E-state index in [-0.39, 0.29) is 24.1 Å². The summed E-state index contributed by atoms with van der Waals surface area (Å²) in [5.74, 6) is -0.535. The fourth-order valence-electron chi connectivity index (χ4n) is 3.71. The van der Waals surface area contributed by atoms with E-state index >= 15 is 0 Å². The van der Waals surface area contributed by atoms with E-state index in [1.54, 1.807) is 12.1 Å². The first-order valence-electron chi connectivity index (χ1n) is 8.90. The van der Waals surface area contributed by atoms with Crippen LogP contribution in [0, 0.1) is 9.39 Å². The smallest absolute Gasteiger partial charge is 0.251 e. The molecule has 2 heterocycles. The highest BCUT2D eigenvalue weighted by Crippen LogP contribution is 2.27. The number of nitrogens with zero attached hydrogens (tertiary/aromatic N) is 3. The van der Waals surface area contributed by atoms with Gasteiger partial charge in [-0.3, -0.25) is 14.5 Å². The van der Waals surface area contributed by atoms with Crippen LogP contribution in [0.5, 0.6) is 0 Å². The van der Waals surface area contributed by atoms with Crippen LogP contribution in [0.15, 0.2) is 48.5 Å². The van der Waals surface area contributed by atoms with Crippen LogP contribution < -0.4 is 9.80 Å². The minimum Gasteiger partial charge on any atom is -0.369 e. The Morgan fingerprint density at radius 3 is 2.07 bits per heavy atom. The molecule has 2 aliphatic heterocycles. The van der Waals surface area contributed by atoms with E-state index in [9.17, 15) is 14.0 Å². The number of piperazine rings is 1. The molecule has 7 heteroatoms. The summed E-state index contributed by atoms with van der Waals surface area (Å²) in [7, 11) is 0. The van der Waals surface area contributed by atoms with Crippen molar-refractivity contribution in [3.8, 4) is 0 Å². The molecule has 1 atom stereocenters.